The molecule has 0 aromatic rings. The molecular weight excluding hydrogens is 192 g/mol. The van der Waals surface area contributed by atoms with Crippen LogP contribution in [0.4, 0.5) is 0 Å². The van der Waals surface area contributed by atoms with Crippen LogP contribution in [0.2, 0.25) is 0 Å². The Morgan fingerprint density at radius 2 is 1.27 bits per heavy atom. The first-order chi connectivity index (χ1) is 7.35. The minimum absolute atomic E-state index is 0.398. The van der Waals surface area contributed by atoms with Gasteiger partial charge < -0.3 is 10.4 Å². The highest BCUT2D eigenvalue weighted by molar-refractivity contribution is 6.00. The zero-order chi connectivity index (χ0) is 10.2. The second-order valence-electron chi connectivity index (χ2n) is 5.53. The summed E-state index contributed by atoms with van der Waals surface area (Å²) in [6.45, 7) is 0. The van der Waals surface area contributed by atoms with Crippen molar-refractivity contribution in [3.05, 3.63) is 0 Å². The molecule has 0 heterocycles. The Bertz CT molecular complexity index is 350. The van der Waals surface area contributed by atoms with E-state index in [9.17, 15) is 0 Å². The summed E-state index contributed by atoms with van der Waals surface area (Å²) >= 11 is 0. The molecule has 0 aromatic carbocycles. The van der Waals surface area contributed by atoms with Gasteiger partial charge in [-0.05, 0) is 42.9 Å². The van der Waals surface area contributed by atoms with Crippen LogP contribution in [0.25, 0.3) is 0 Å². The van der Waals surface area contributed by atoms with Gasteiger partial charge in [0.25, 0.3) is 0 Å². The first-order valence-corrected chi connectivity index (χ1v) is 5.76. The van der Waals surface area contributed by atoms with E-state index in [0.29, 0.717) is 23.7 Å². The molecule has 4 fully saturated rings. The van der Waals surface area contributed by atoms with Crippen molar-refractivity contribution in [2.45, 2.75) is 19.3 Å². The van der Waals surface area contributed by atoms with Crippen LogP contribution in [0.1, 0.15) is 19.3 Å². The highest BCUT2D eigenvalue weighted by atomic mass is 16.4. The van der Waals surface area contributed by atoms with Gasteiger partial charge in [-0.2, -0.15) is 0 Å². The van der Waals surface area contributed by atoms with E-state index < -0.39 is 0 Å². The van der Waals surface area contributed by atoms with Crippen molar-refractivity contribution < 1.29 is 10.4 Å². The SMILES string of the molecule is O/N=C1/CC2C3C/C(=N\O)C4C3CC2C14. The molecule has 2 bridgehead atoms. The fourth-order valence-electron chi connectivity index (χ4n) is 5.14. The van der Waals surface area contributed by atoms with E-state index in [1.807, 2.05) is 0 Å². The molecule has 0 radical (unpaired) electrons. The molecule has 4 rings (SSSR count). The van der Waals surface area contributed by atoms with Crippen molar-refractivity contribution in [3.8, 4) is 0 Å². The number of hydrogen-bond donors (Lipinski definition) is 2. The Kier molecular flexibility index (Phi) is 1.28. The highest BCUT2D eigenvalue weighted by Crippen LogP contribution is 2.68. The average molecular weight is 206 g/mol. The number of rotatable bonds is 0. The molecule has 15 heavy (non-hydrogen) atoms. The predicted molar refractivity (Wildman–Crippen MR) is 53.2 cm³/mol. The van der Waals surface area contributed by atoms with E-state index in [4.69, 9.17) is 10.4 Å². The largest absolute Gasteiger partial charge is 0.411 e. The van der Waals surface area contributed by atoms with Crippen LogP contribution in [-0.4, -0.2) is 21.8 Å². The third kappa shape index (κ3) is 0.703. The molecule has 4 aliphatic rings. The van der Waals surface area contributed by atoms with E-state index in [2.05, 4.69) is 10.3 Å². The number of fused-ring (bicyclic) bond motifs is 2. The van der Waals surface area contributed by atoms with Crippen LogP contribution in [-0.2, 0) is 0 Å². The lowest BCUT2D eigenvalue weighted by Gasteiger charge is -2.24. The van der Waals surface area contributed by atoms with E-state index in [0.717, 1.165) is 36.1 Å². The van der Waals surface area contributed by atoms with Gasteiger partial charge in [0.1, 0.15) is 0 Å². The van der Waals surface area contributed by atoms with Gasteiger partial charge in [-0.15, -0.1) is 0 Å². The number of hydrogen-bond acceptors (Lipinski definition) is 4. The van der Waals surface area contributed by atoms with Crippen LogP contribution < -0.4 is 0 Å². The fraction of sp³-hybridized carbons (Fsp3) is 0.818. The zero-order valence-corrected chi connectivity index (χ0v) is 8.37. The van der Waals surface area contributed by atoms with E-state index in [-0.39, 0.29) is 0 Å². The molecule has 0 saturated heterocycles. The van der Waals surface area contributed by atoms with Crippen molar-refractivity contribution in [2.75, 3.05) is 0 Å². The number of nitrogens with zero attached hydrogens (tertiary/aromatic N) is 2. The van der Waals surface area contributed by atoms with Crippen molar-refractivity contribution in [1.82, 2.24) is 0 Å². The van der Waals surface area contributed by atoms with E-state index in [1.165, 1.54) is 6.42 Å². The lowest BCUT2D eigenvalue weighted by atomic mass is 9.79. The highest BCUT2D eigenvalue weighted by Gasteiger charge is 2.67. The maximum absolute atomic E-state index is 9.02. The maximum Gasteiger partial charge on any atom is 0.0614 e. The van der Waals surface area contributed by atoms with Crippen LogP contribution in [0.15, 0.2) is 10.3 Å². The standard InChI is InChI=1S/C11H14N2O2/c14-12-8-2-4-5-3-9(13-15)11-7(5)1-6(4)10(8)11/h4-7,10-11,14-15H,1-3H2/b12-8-,13-9+. The van der Waals surface area contributed by atoms with Gasteiger partial charge >= 0.3 is 0 Å². The minimum Gasteiger partial charge on any atom is -0.411 e. The van der Waals surface area contributed by atoms with Gasteiger partial charge in [-0.25, -0.2) is 0 Å². The Morgan fingerprint density at radius 1 is 0.800 bits per heavy atom. The smallest absolute Gasteiger partial charge is 0.0614 e. The molecule has 4 saturated carbocycles. The summed E-state index contributed by atoms with van der Waals surface area (Å²) < 4.78 is 0. The Balaban J connectivity index is 1.87. The van der Waals surface area contributed by atoms with Gasteiger partial charge in [0.05, 0.1) is 11.4 Å². The molecule has 0 aromatic heterocycles. The summed E-state index contributed by atoms with van der Waals surface area (Å²) in [5.41, 5.74) is 1.95. The molecule has 0 amide bonds. The quantitative estimate of drug-likeness (QED) is 0.466. The summed E-state index contributed by atoms with van der Waals surface area (Å²) in [7, 11) is 0. The molecule has 0 aliphatic heterocycles. The van der Waals surface area contributed by atoms with Gasteiger partial charge in [0.15, 0.2) is 0 Å². The maximum atomic E-state index is 9.02. The van der Waals surface area contributed by atoms with Crippen LogP contribution in [0, 0.1) is 35.5 Å². The van der Waals surface area contributed by atoms with Crippen LogP contribution in [0.5, 0.6) is 0 Å². The first kappa shape index (κ1) is 8.13. The summed E-state index contributed by atoms with van der Waals surface area (Å²) in [5.74, 6) is 3.65. The molecular formula is C11H14N2O2. The minimum atomic E-state index is 0.398. The Hall–Kier alpha value is -1.06. The summed E-state index contributed by atoms with van der Waals surface area (Å²) in [6.07, 6.45) is 3.24. The van der Waals surface area contributed by atoms with Crippen LogP contribution >= 0.6 is 0 Å². The second-order valence-corrected chi connectivity index (χ2v) is 5.53. The molecule has 80 valence electrons. The third-order valence-electron chi connectivity index (χ3n) is 5.42. The molecule has 4 heteroatoms. The predicted octanol–water partition coefficient (Wildman–Crippen LogP) is 1.57. The summed E-state index contributed by atoms with van der Waals surface area (Å²) in [6, 6.07) is 0. The third-order valence-corrected chi connectivity index (χ3v) is 5.42. The van der Waals surface area contributed by atoms with E-state index in [1.54, 1.807) is 0 Å². The Morgan fingerprint density at radius 3 is 1.67 bits per heavy atom. The van der Waals surface area contributed by atoms with Crippen molar-refractivity contribution in [3.63, 3.8) is 0 Å². The molecule has 2 N–H and O–H groups in total. The molecule has 0 spiro atoms. The Labute approximate surface area is 87.7 Å². The molecule has 4 nitrogen and oxygen atoms in total. The lowest BCUT2D eigenvalue weighted by Crippen LogP contribution is -2.26. The average Bonchev–Trinajstić information content (AvgIpc) is 2.83. The summed E-state index contributed by atoms with van der Waals surface area (Å²) in [4.78, 5) is 0. The topological polar surface area (TPSA) is 65.2 Å². The second kappa shape index (κ2) is 2.36. The van der Waals surface area contributed by atoms with Crippen molar-refractivity contribution >= 4 is 11.4 Å². The van der Waals surface area contributed by atoms with Gasteiger partial charge in [-0.3, -0.25) is 0 Å². The van der Waals surface area contributed by atoms with Gasteiger partial charge in [0.2, 0.25) is 0 Å². The zero-order valence-electron chi connectivity index (χ0n) is 8.37. The van der Waals surface area contributed by atoms with Crippen molar-refractivity contribution in [1.29, 1.82) is 0 Å². The van der Waals surface area contributed by atoms with Gasteiger partial charge in [-0.1, -0.05) is 10.3 Å². The van der Waals surface area contributed by atoms with Gasteiger partial charge in [0, 0.05) is 11.8 Å². The molecule has 6 unspecified atom stereocenters. The molecule has 6 atom stereocenters. The normalized spacial score (nSPS) is 60.0. The first-order valence-electron chi connectivity index (χ1n) is 5.76. The number of oxime groups is 2. The van der Waals surface area contributed by atoms with E-state index >= 15 is 0 Å². The monoisotopic (exact) mass is 206 g/mol. The lowest BCUT2D eigenvalue weighted by molar-refractivity contribution is 0.240. The van der Waals surface area contributed by atoms with Crippen molar-refractivity contribution in [2.24, 2.45) is 45.8 Å². The molecule has 4 aliphatic carbocycles. The fourth-order valence-corrected chi connectivity index (χ4v) is 5.14. The van der Waals surface area contributed by atoms with Crippen LogP contribution in [0.3, 0.4) is 0 Å². The summed E-state index contributed by atoms with van der Waals surface area (Å²) in [5, 5.41) is 25.0.